The summed E-state index contributed by atoms with van der Waals surface area (Å²) in [6.07, 6.45) is 1.91. The van der Waals surface area contributed by atoms with Crippen LogP contribution >= 0.6 is 0 Å². The summed E-state index contributed by atoms with van der Waals surface area (Å²) in [5, 5.41) is 23.3. The second kappa shape index (κ2) is 7.10. The molecule has 0 fully saturated rings. The SMILES string of the molecule is Cc1cc(CC(C)Nc2ccc3ncc([N+](=O)[O-])n3n2)n(-c2ccccc2)n1. The number of aromatic nitrogens is 5. The summed E-state index contributed by atoms with van der Waals surface area (Å²) in [6.45, 7) is 4.00. The summed E-state index contributed by atoms with van der Waals surface area (Å²) in [5.41, 5.74) is 3.45. The Morgan fingerprint density at radius 3 is 2.71 bits per heavy atom. The third-order valence-corrected chi connectivity index (χ3v) is 4.35. The highest BCUT2D eigenvalue weighted by Gasteiger charge is 2.17. The van der Waals surface area contributed by atoms with E-state index in [9.17, 15) is 10.1 Å². The zero-order valence-electron chi connectivity index (χ0n) is 15.5. The van der Waals surface area contributed by atoms with Gasteiger partial charge in [0.25, 0.3) is 0 Å². The van der Waals surface area contributed by atoms with Crippen LogP contribution in [-0.4, -0.2) is 35.3 Å². The predicted octanol–water partition coefficient (Wildman–Crippen LogP) is 3.17. The number of hydrogen-bond acceptors (Lipinski definition) is 6. The fourth-order valence-electron chi connectivity index (χ4n) is 3.17. The molecule has 0 amide bonds. The molecule has 0 bridgehead atoms. The zero-order chi connectivity index (χ0) is 19.7. The first-order chi connectivity index (χ1) is 13.5. The van der Waals surface area contributed by atoms with Crippen molar-refractivity contribution < 1.29 is 4.92 Å². The molecule has 0 spiro atoms. The minimum absolute atomic E-state index is 0.0334. The van der Waals surface area contributed by atoms with Crippen LogP contribution < -0.4 is 5.32 Å². The van der Waals surface area contributed by atoms with Gasteiger partial charge in [0.1, 0.15) is 6.20 Å². The molecule has 0 radical (unpaired) electrons. The molecule has 4 aromatic rings. The third kappa shape index (κ3) is 3.41. The zero-order valence-corrected chi connectivity index (χ0v) is 15.5. The molecular formula is C19H19N7O2. The molecule has 1 unspecified atom stereocenters. The second-order valence-corrected chi connectivity index (χ2v) is 6.64. The van der Waals surface area contributed by atoms with Crippen molar-refractivity contribution in [1.82, 2.24) is 24.4 Å². The fraction of sp³-hybridized carbons (Fsp3) is 0.211. The summed E-state index contributed by atoms with van der Waals surface area (Å²) in [4.78, 5) is 14.6. The van der Waals surface area contributed by atoms with Gasteiger partial charge < -0.3 is 15.4 Å². The fourth-order valence-corrected chi connectivity index (χ4v) is 3.17. The van der Waals surface area contributed by atoms with Gasteiger partial charge in [-0.25, -0.2) is 9.67 Å². The van der Waals surface area contributed by atoms with Gasteiger partial charge in [0, 0.05) is 24.2 Å². The Hall–Kier alpha value is -3.75. The van der Waals surface area contributed by atoms with Crippen molar-refractivity contribution >= 4 is 17.3 Å². The molecule has 3 heterocycles. The van der Waals surface area contributed by atoms with Crippen LogP contribution in [0.2, 0.25) is 0 Å². The lowest BCUT2D eigenvalue weighted by Gasteiger charge is -2.15. The largest absolute Gasteiger partial charge is 0.368 e. The van der Waals surface area contributed by atoms with E-state index in [1.54, 1.807) is 12.1 Å². The number of rotatable bonds is 6. The van der Waals surface area contributed by atoms with Crippen LogP contribution in [0.25, 0.3) is 11.3 Å². The van der Waals surface area contributed by atoms with E-state index in [0.29, 0.717) is 17.9 Å². The van der Waals surface area contributed by atoms with Crippen LogP contribution in [0, 0.1) is 17.0 Å². The van der Waals surface area contributed by atoms with Crippen molar-refractivity contribution in [2.75, 3.05) is 5.32 Å². The van der Waals surface area contributed by atoms with Gasteiger partial charge in [-0.05, 0) is 43.0 Å². The monoisotopic (exact) mass is 377 g/mol. The van der Waals surface area contributed by atoms with E-state index in [1.165, 1.54) is 10.7 Å². The van der Waals surface area contributed by atoms with E-state index >= 15 is 0 Å². The maximum absolute atomic E-state index is 11.1. The van der Waals surface area contributed by atoms with Crippen molar-refractivity contribution in [2.24, 2.45) is 0 Å². The van der Waals surface area contributed by atoms with Crippen LogP contribution in [0.1, 0.15) is 18.3 Å². The van der Waals surface area contributed by atoms with E-state index < -0.39 is 4.92 Å². The van der Waals surface area contributed by atoms with E-state index in [-0.39, 0.29) is 11.9 Å². The topological polar surface area (TPSA) is 103 Å². The quantitative estimate of drug-likeness (QED) is 0.409. The van der Waals surface area contributed by atoms with Gasteiger partial charge in [-0.1, -0.05) is 27.8 Å². The molecule has 9 heteroatoms. The first-order valence-corrected chi connectivity index (χ1v) is 8.88. The molecule has 4 rings (SSSR count). The number of fused-ring (bicyclic) bond motifs is 1. The average molecular weight is 377 g/mol. The number of para-hydroxylation sites is 1. The molecule has 9 nitrogen and oxygen atoms in total. The molecule has 0 saturated carbocycles. The summed E-state index contributed by atoms with van der Waals surface area (Å²) in [7, 11) is 0. The molecule has 1 atom stereocenters. The smallest absolute Gasteiger partial charge is 0.364 e. The normalized spacial score (nSPS) is 12.2. The van der Waals surface area contributed by atoms with Crippen LogP contribution in [0.3, 0.4) is 0 Å². The summed E-state index contributed by atoms with van der Waals surface area (Å²) in [6, 6.07) is 15.5. The first kappa shape index (κ1) is 17.7. The lowest BCUT2D eigenvalue weighted by Crippen LogP contribution is -2.21. The Bertz CT molecular complexity index is 1130. The Labute approximate surface area is 160 Å². The highest BCUT2D eigenvalue weighted by Crippen LogP contribution is 2.17. The number of benzene rings is 1. The van der Waals surface area contributed by atoms with E-state index in [4.69, 9.17) is 0 Å². The number of nitrogens with zero attached hydrogens (tertiary/aromatic N) is 6. The first-order valence-electron chi connectivity index (χ1n) is 8.88. The molecule has 1 aromatic carbocycles. The van der Waals surface area contributed by atoms with Crippen LogP contribution in [0.4, 0.5) is 11.6 Å². The predicted molar refractivity (Wildman–Crippen MR) is 105 cm³/mol. The van der Waals surface area contributed by atoms with Crippen LogP contribution in [0.15, 0.2) is 54.7 Å². The van der Waals surface area contributed by atoms with Gasteiger partial charge in [-0.2, -0.15) is 5.10 Å². The maximum Gasteiger partial charge on any atom is 0.368 e. The van der Waals surface area contributed by atoms with Crippen LogP contribution in [0.5, 0.6) is 0 Å². The van der Waals surface area contributed by atoms with Crippen molar-refractivity contribution in [3.63, 3.8) is 0 Å². The number of anilines is 1. The Morgan fingerprint density at radius 1 is 1.18 bits per heavy atom. The molecule has 0 aliphatic rings. The van der Waals surface area contributed by atoms with Gasteiger partial charge in [0.2, 0.25) is 5.65 Å². The molecule has 3 aromatic heterocycles. The highest BCUT2D eigenvalue weighted by atomic mass is 16.6. The van der Waals surface area contributed by atoms with E-state index in [1.807, 2.05) is 48.9 Å². The van der Waals surface area contributed by atoms with Crippen molar-refractivity contribution in [2.45, 2.75) is 26.3 Å². The average Bonchev–Trinajstić information content (AvgIpc) is 3.25. The van der Waals surface area contributed by atoms with Gasteiger partial charge in [0.15, 0.2) is 5.82 Å². The molecule has 0 aliphatic heterocycles. The minimum Gasteiger partial charge on any atom is -0.364 e. The standard InChI is InChI=1S/C19H19N7O2/c1-13(10-16-11-14(2)22-24(16)15-6-4-3-5-7-15)21-17-8-9-18-20-12-19(26(27)28)25(18)23-17/h3-9,11-13H,10H2,1-2H3,(H,21,23). The molecule has 0 aliphatic carbocycles. The number of aryl methyl sites for hydroxylation is 1. The third-order valence-electron chi connectivity index (χ3n) is 4.35. The molecule has 1 N–H and O–H groups in total. The van der Waals surface area contributed by atoms with E-state index in [2.05, 4.69) is 26.6 Å². The Balaban J connectivity index is 1.55. The van der Waals surface area contributed by atoms with Gasteiger partial charge >= 0.3 is 5.82 Å². The highest BCUT2D eigenvalue weighted by molar-refractivity contribution is 5.48. The Morgan fingerprint density at radius 2 is 1.96 bits per heavy atom. The second-order valence-electron chi connectivity index (χ2n) is 6.64. The lowest BCUT2D eigenvalue weighted by atomic mass is 10.1. The summed E-state index contributed by atoms with van der Waals surface area (Å²) in [5.74, 6) is 0.382. The molecule has 142 valence electrons. The molecule has 0 saturated heterocycles. The van der Waals surface area contributed by atoms with Crippen molar-refractivity contribution in [1.29, 1.82) is 0 Å². The summed E-state index contributed by atoms with van der Waals surface area (Å²) < 4.78 is 3.16. The number of nitrogens with one attached hydrogen (secondary N) is 1. The van der Waals surface area contributed by atoms with Crippen molar-refractivity contribution in [3.8, 4) is 5.69 Å². The van der Waals surface area contributed by atoms with Gasteiger partial charge in [-0.15, -0.1) is 0 Å². The lowest BCUT2D eigenvalue weighted by molar-refractivity contribution is -0.391. The molecule has 28 heavy (non-hydrogen) atoms. The molecular weight excluding hydrogens is 358 g/mol. The maximum atomic E-state index is 11.1. The Kier molecular flexibility index (Phi) is 4.48. The van der Waals surface area contributed by atoms with Gasteiger partial charge in [-0.3, -0.25) is 0 Å². The van der Waals surface area contributed by atoms with Gasteiger partial charge in [0.05, 0.1) is 11.4 Å². The summed E-state index contributed by atoms with van der Waals surface area (Å²) >= 11 is 0. The minimum atomic E-state index is -0.499. The number of hydrogen-bond donors (Lipinski definition) is 1. The number of nitro groups is 1. The number of imidazole rings is 1. The van der Waals surface area contributed by atoms with Crippen molar-refractivity contribution in [3.05, 3.63) is 76.2 Å². The van der Waals surface area contributed by atoms with Crippen LogP contribution in [-0.2, 0) is 6.42 Å². The van der Waals surface area contributed by atoms with E-state index in [0.717, 1.165) is 17.1 Å².